The monoisotopic (exact) mass is 364 g/mol. The van der Waals surface area contributed by atoms with Crippen molar-refractivity contribution in [2.45, 2.75) is 69.1 Å². The molecule has 3 fully saturated rings. The molecule has 0 amide bonds. The number of hydrogen-bond donors (Lipinski definition) is 1. The number of nitrogens with two attached hydrogens (primary N) is 1. The molecule has 1 aromatic rings. The third kappa shape index (κ3) is 3.70. The van der Waals surface area contributed by atoms with Gasteiger partial charge in [0.2, 0.25) is 0 Å². The van der Waals surface area contributed by atoms with Crippen molar-refractivity contribution in [3.05, 3.63) is 6.20 Å². The van der Waals surface area contributed by atoms with E-state index in [1.807, 2.05) is 10.9 Å². The molecule has 0 spiro atoms. The Hall–Kier alpha value is -1.31. The Kier molecular flexibility index (Phi) is 5.66. The van der Waals surface area contributed by atoms with Crippen molar-refractivity contribution in [2.75, 3.05) is 39.3 Å². The summed E-state index contributed by atoms with van der Waals surface area (Å²) in [4.78, 5) is 2.78. The van der Waals surface area contributed by atoms with Crippen LogP contribution in [0.5, 0.6) is 5.88 Å². The van der Waals surface area contributed by atoms with E-state index in [9.17, 15) is 0 Å². The number of hydrogen-bond acceptors (Lipinski definition) is 6. The lowest BCUT2D eigenvalue weighted by Gasteiger charge is -2.43. The zero-order valence-corrected chi connectivity index (χ0v) is 15.8. The lowest BCUT2D eigenvalue weighted by atomic mass is 9.89. The summed E-state index contributed by atoms with van der Waals surface area (Å²) in [6, 6.07) is 2.46. The van der Waals surface area contributed by atoms with Gasteiger partial charge in [-0.25, -0.2) is 0 Å². The summed E-state index contributed by atoms with van der Waals surface area (Å²) in [7, 11) is 1.70. The first-order chi connectivity index (χ1) is 12.8. The van der Waals surface area contributed by atoms with Crippen LogP contribution in [0.3, 0.4) is 0 Å². The average Bonchev–Trinajstić information content (AvgIpc) is 3.15. The van der Waals surface area contributed by atoms with Crippen LogP contribution in [0.4, 0.5) is 5.69 Å². The molecule has 7 nitrogen and oxygen atoms in total. The maximum atomic E-state index is 6.09. The van der Waals surface area contributed by atoms with Gasteiger partial charge in [-0.1, -0.05) is 0 Å². The second kappa shape index (κ2) is 8.15. The predicted octanol–water partition coefficient (Wildman–Crippen LogP) is 2.23. The molecule has 1 saturated carbocycles. The number of rotatable bonds is 7. The smallest absolute Gasteiger partial charge is 0.256 e. The molecule has 0 radical (unpaired) electrons. The molecule has 2 saturated heterocycles. The highest BCUT2D eigenvalue weighted by Crippen LogP contribution is 2.38. The van der Waals surface area contributed by atoms with Crippen LogP contribution in [0.1, 0.15) is 51.0 Å². The fraction of sp³-hybridized carbons (Fsp3) is 0.842. The van der Waals surface area contributed by atoms with Gasteiger partial charge in [-0.05, 0) is 38.5 Å². The van der Waals surface area contributed by atoms with Crippen molar-refractivity contribution >= 4 is 5.69 Å². The molecule has 1 aromatic heterocycles. The topological polar surface area (TPSA) is 74.8 Å². The van der Waals surface area contributed by atoms with Crippen LogP contribution >= 0.6 is 0 Å². The van der Waals surface area contributed by atoms with Crippen LogP contribution in [-0.2, 0) is 9.47 Å². The van der Waals surface area contributed by atoms with E-state index in [-0.39, 0.29) is 0 Å². The van der Waals surface area contributed by atoms with Gasteiger partial charge in [0, 0.05) is 38.3 Å². The highest BCUT2D eigenvalue weighted by atomic mass is 16.5. The predicted molar refractivity (Wildman–Crippen MR) is 99.4 cm³/mol. The first-order valence-corrected chi connectivity index (χ1v) is 10.1. The van der Waals surface area contributed by atoms with E-state index in [1.54, 1.807) is 7.11 Å². The Morgan fingerprint density at radius 1 is 1.04 bits per heavy atom. The number of aromatic nitrogens is 2. The second-order valence-corrected chi connectivity index (χ2v) is 7.90. The zero-order valence-electron chi connectivity index (χ0n) is 15.8. The third-order valence-electron chi connectivity index (χ3n) is 6.22. The number of nitrogens with zero attached hydrogens (tertiary/aromatic N) is 3. The van der Waals surface area contributed by atoms with Gasteiger partial charge < -0.3 is 19.9 Å². The normalized spacial score (nSPS) is 32.0. The first-order valence-electron chi connectivity index (χ1n) is 10.1. The lowest BCUT2D eigenvalue weighted by molar-refractivity contribution is -0.0458. The van der Waals surface area contributed by atoms with Gasteiger partial charge in [0.25, 0.3) is 5.88 Å². The van der Waals surface area contributed by atoms with Crippen LogP contribution in [0.2, 0.25) is 0 Å². The molecule has 1 aliphatic carbocycles. The van der Waals surface area contributed by atoms with Gasteiger partial charge in [-0.2, -0.15) is 0 Å². The van der Waals surface area contributed by atoms with E-state index in [4.69, 9.17) is 19.9 Å². The molecule has 26 heavy (non-hydrogen) atoms. The number of ether oxygens (including phenoxy) is 3. The van der Waals surface area contributed by atoms with Gasteiger partial charge in [0.05, 0.1) is 32.1 Å². The number of nitrogen functional groups attached to an aromatic ring is 1. The number of morpholine rings is 1. The van der Waals surface area contributed by atoms with Crippen molar-refractivity contribution in [2.24, 2.45) is 0 Å². The molecular formula is C19H32N4O3. The van der Waals surface area contributed by atoms with E-state index in [0.717, 1.165) is 32.5 Å². The van der Waals surface area contributed by atoms with Crippen molar-refractivity contribution in [3.63, 3.8) is 0 Å². The minimum absolute atomic E-state index is 0.434. The van der Waals surface area contributed by atoms with E-state index in [2.05, 4.69) is 10.00 Å². The summed E-state index contributed by atoms with van der Waals surface area (Å²) in [5, 5.41) is 4.61. The molecule has 2 aliphatic heterocycles. The van der Waals surface area contributed by atoms with E-state index in [0.29, 0.717) is 48.9 Å². The molecule has 2 bridgehead atoms. The number of anilines is 1. The summed E-state index contributed by atoms with van der Waals surface area (Å²) in [6.07, 6.45) is 10.2. The Bertz CT molecular complexity index is 569. The summed E-state index contributed by atoms with van der Waals surface area (Å²) in [6.45, 7) is 3.13. The van der Waals surface area contributed by atoms with Crippen LogP contribution in [0.15, 0.2) is 6.20 Å². The van der Waals surface area contributed by atoms with Crippen molar-refractivity contribution in [3.8, 4) is 5.88 Å². The molecule has 7 heteroatoms. The van der Waals surface area contributed by atoms with Crippen molar-refractivity contribution < 1.29 is 14.2 Å². The molecular weight excluding hydrogens is 332 g/mol. The van der Waals surface area contributed by atoms with Crippen molar-refractivity contribution in [1.82, 2.24) is 14.7 Å². The third-order valence-corrected chi connectivity index (χ3v) is 6.22. The zero-order chi connectivity index (χ0) is 17.9. The molecule has 146 valence electrons. The molecule has 4 rings (SSSR count). The SMILES string of the molecule is COCCCOc1nn(C2CCC(N3C4CC[C@@H]3COC4)CC2)cc1N. The standard InChI is InChI=1S/C19H32N4O3/c1-24-9-2-10-26-19-18(20)11-22(21-19)14-3-5-15(6-4-14)23-16-7-8-17(23)13-25-12-16/h11,14-17H,2-10,12-13,20H2,1H3/t14?,15?,16-,17?/m1/s1. The molecule has 0 aromatic carbocycles. The fourth-order valence-corrected chi connectivity index (χ4v) is 4.94. The van der Waals surface area contributed by atoms with Crippen LogP contribution in [-0.4, -0.2) is 66.3 Å². The highest BCUT2D eigenvalue weighted by molar-refractivity contribution is 5.46. The van der Waals surface area contributed by atoms with Gasteiger partial charge in [0.1, 0.15) is 5.69 Å². The average molecular weight is 364 g/mol. The van der Waals surface area contributed by atoms with Gasteiger partial charge in [0.15, 0.2) is 0 Å². The van der Waals surface area contributed by atoms with Crippen LogP contribution in [0.25, 0.3) is 0 Å². The Balaban J connectivity index is 1.31. The Labute approximate surface area is 155 Å². The Morgan fingerprint density at radius 3 is 2.38 bits per heavy atom. The van der Waals surface area contributed by atoms with E-state index < -0.39 is 0 Å². The van der Waals surface area contributed by atoms with Crippen LogP contribution in [0, 0.1) is 0 Å². The fourth-order valence-electron chi connectivity index (χ4n) is 4.94. The molecule has 2 N–H and O–H groups in total. The summed E-state index contributed by atoms with van der Waals surface area (Å²) in [5.41, 5.74) is 6.72. The highest BCUT2D eigenvalue weighted by Gasteiger charge is 2.42. The molecule has 3 heterocycles. The van der Waals surface area contributed by atoms with E-state index in [1.165, 1.54) is 25.7 Å². The molecule has 1 unspecified atom stereocenters. The van der Waals surface area contributed by atoms with Crippen LogP contribution < -0.4 is 10.5 Å². The van der Waals surface area contributed by atoms with E-state index >= 15 is 0 Å². The maximum Gasteiger partial charge on any atom is 0.256 e. The molecule has 2 atom stereocenters. The largest absolute Gasteiger partial charge is 0.475 e. The first kappa shape index (κ1) is 18.1. The molecule has 3 aliphatic rings. The number of fused-ring (bicyclic) bond motifs is 2. The lowest BCUT2D eigenvalue weighted by Crippen LogP contribution is -2.52. The number of methoxy groups -OCH3 is 1. The summed E-state index contributed by atoms with van der Waals surface area (Å²) in [5.74, 6) is 0.564. The van der Waals surface area contributed by atoms with Crippen molar-refractivity contribution in [1.29, 1.82) is 0 Å². The minimum Gasteiger partial charge on any atom is -0.475 e. The van der Waals surface area contributed by atoms with Gasteiger partial charge in [-0.3, -0.25) is 9.58 Å². The maximum absolute atomic E-state index is 6.09. The summed E-state index contributed by atoms with van der Waals surface area (Å²) < 4.78 is 18.5. The second-order valence-electron chi connectivity index (χ2n) is 7.90. The quantitative estimate of drug-likeness (QED) is 0.748. The van der Waals surface area contributed by atoms with Gasteiger partial charge >= 0.3 is 0 Å². The summed E-state index contributed by atoms with van der Waals surface area (Å²) >= 11 is 0. The Morgan fingerprint density at radius 2 is 1.69 bits per heavy atom. The minimum atomic E-state index is 0.434. The van der Waals surface area contributed by atoms with Gasteiger partial charge in [-0.15, -0.1) is 5.10 Å².